The molecule has 0 aliphatic carbocycles. The maximum Gasteiger partial charge on any atom is 0.266 e. The van der Waals surface area contributed by atoms with Gasteiger partial charge in [-0.05, 0) is 86.7 Å². The first-order valence-electron chi connectivity index (χ1n) is 9.85. The molecule has 0 bridgehead atoms. The van der Waals surface area contributed by atoms with E-state index in [-0.39, 0.29) is 11.1 Å². The number of fused-ring (bicyclic) bond motifs is 1. The van der Waals surface area contributed by atoms with E-state index in [1.54, 1.807) is 18.2 Å². The third-order valence-electron chi connectivity index (χ3n) is 5.50. The molecule has 1 unspecified atom stereocenters. The molecule has 0 radical (unpaired) electrons. The fourth-order valence-electron chi connectivity index (χ4n) is 4.24. The van der Waals surface area contributed by atoms with Crippen LogP contribution in [0.15, 0.2) is 52.5 Å². The summed E-state index contributed by atoms with van der Waals surface area (Å²) in [7, 11) is 0. The molecule has 0 saturated heterocycles. The Kier molecular flexibility index (Phi) is 6.14. The van der Waals surface area contributed by atoms with Crippen molar-refractivity contribution in [1.82, 2.24) is 0 Å². The zero-order valence-electron chi connectivity index (χ0n) is 17.3. The molecule has 0 spiro atoms. The number of carbonyl (C=O) groups is 1. The molecule has 150 valence electrons. The van der Waals surface area contributed by atoms with Gasteiger partial charge in [-0.1, -0.05) is 28.9 Å². The van der Waals surface area contributed by atoms with Crippen molar-refractivity contribution in [3.63, 3.8) is 0 Å². The number of nitrogens with zero attached hydrogens (tertiary/aromatic N) is 2. The number of nitriles is 1. The highest BCUT2D eigenvalue weighted by Crippen LogP contribution is 2.43. The van der Waals surface area contributed by atoms with E-state index < -0.39 is 5.91 Å². The summed E-state index contributed by atoms with van der Waals surface area (Å²) in [6, 6.07) is 15.5. The van der Waals surface area contributed by atoms with Gasteiger partial charge >= 0.3 is 0 Å². The van der Waals surface area contributed by atoms with Gasteiger partial charge in [-0.2, -0.15) is 5.26 Å². The van der Waals surface area contributed by atoms with Crippen molar-refractivity contribution in [2.24, 2.45) is 0 Å². The Morgan fingerprint density at radius 3 is 2.62 bits per heavy atom. The topological polar surface area (TPSA) is 56.1 Å². The largest absolute Gasteiger partial charge is 0.366 e. The van der Waals surface area contributed by atoms with Crippen LogP contribution in [0.2, 0.25) is 0 Å². The molecule has 5 heteroatoms. The Hall–Kier alpha value is -2.58. The van der Waals surface area contributed by atoms with Crippen LogP contribution in [0, 0.1) is 11.3 Å². The van der Waals surface area contributed by atoms with Crippen LogP contribution in [0.25, 0.3) is 6.08 Å². The molecular weight excluding hydrogens is 426 g/mol. The van der Waals surface area contributed by atoms with E-state index in [0.29, 0.717) is 11.6 Å². The summed E-state index contributed by atoms with van der Waals surface area (Å²) in [5.74, 6) is 0.00943. The molecule has 1 atom stereocenters. The first kappa shape index (κ1) is 21.1. The average molecular weight is 452 g/mol. The van der Waals surface area contributed by atoms with Gasteiger partial charge in [-0.25, -0.2) is 0 Å². The van der Waals surface area contributed by atoms with Gasteiger partial charge in [0.25, 0.3) is 5.91 Å². The maximum absolute atomic E-state index is 12.5. The Morgan fingerprint density at radius 1 is 1.31 bits per heavy atom. The monoisotopic (exact) mass is 451 g/mol. The molecule has 4 nitrogen and oxygen atoms in total. The summed E-state index contributed by atoms with van der Waals surface area (Å²) in [6.07, 6.45) is 2.73. The molecule has 2 aromatic carbocycles. The number of rotatable bonds is 4. The summed E-state index contributed by atoms with van der Waals surface area (Å²) < 4.78 is 0.930. The molecule has 1 aliphatic rings. The van der Waals surface area contributed by atoms with Crippen LogP contribution < -0.4 is 10.2 Å². The second kappa shape index (κ2) is 8.42. The van der Waals surface area contributed by atoms with Gasteiger partial charge in [-0.15, -0.1) is 0 Å². The Morgan fingerprint density at radius 2 is 2.00 bits per heavy atom. The van der Waals surface area contributed by atoms with Gasteiger partial charge in [0.2, 0.25) is 0 Å². The zero-order valence-corrected chi connectivity index (χ0v) is 18.9. The van der Waals surface area contributed by atoms with Crippen molar-refractivity contribution < 1.29 is 4.79 Å². The van der Waals surface area contributed by atoms with E-state index in [4.69, 9.17) is 0 Å². The van der Waals surface area contributed by atoms with Gasteiger partial charge in [-0.3, -0.25) is 4.79 Å². The first-order chi connectivity index (χ1) is 13.7. The predicted octanol–water partition coefficient (Wildman–Crippen LogP) is 6.11. The minimum Gasteiger partial charge on any atom is -0.366 e. The number of nitrogens with one attached hydrogen (secondary N) is 1. The lowest BCUT2D eigenvalue weighted by Crippen LogP contribution is -2.48. The maximum atomic E-state index is 12.5. The van der Waals surface area contributed by atoms with Crippen molar-refractivity contribution in [3.05, 3.63) is 63.6 Å². The molecule has 29 heavy (non-hydrogen) atoms. The van der Waals surface area contributed by atoms with Crippen molar-refractivity contribution in [2.45, 2.75) is 45.6 Å². The van der Waals surface area contributed by atoms with Crippen LogP contribution in [-0.4, -0.2) is 18.0 Å². The molecular formula is C24H26BrN3O. The molecule has 0 saturated carbocycles. The number of carbonyl (C=O) groups excluding carboxylic acids is 1. The highest BCUT2D eigenvalue weighted by atomic mass is 79.9. The lowest BCUT2D eigenvalue weighted by atomic mass is 9.79. The number of amides is 1. The summed E-state index contributed by atoms with van der Waals surface area (Å²) in [5.41, 5.74) is 4.23. The van der Waals surface area contributed by atoms with Crippen LogP contribution >= 0.6 is 15.9 Å². The standard InChI is InChI=1S/C24H26BrN3O/c1-5-28-22-11-6-17(13-21(22)16(2)14-24(28,3)4)12-18(15-26)23(29)27-20-9-7-19(25)8-10-20/h6-13,16H,5,14H2,1-4H3,(H,27,29)/b18-12+. The quantitative estimate of drug-likeness (QED) is 0.450. The number of halogens is 1. The van der Waals surface area contributed by atoms with Crippen LogP contribution in [0.3, 0.4) is 0 Å². The Labute approximate surface area is 181 Å². The molecule has 3 rings (SSSR count). The van der Waals surface area contributed by atoms with Crippen LogP contribution in [-0.2, 0) is 4.79 Å². The van der Waals surface area contributed by atoms with Gasteiger partial charge in [0.15, 0.2) is 0 Å². The average Bonchev–Trinajstić information content (AvgIpc) is 2.67. The van der Waals surface area contributed by atoms with Crippen LogP contribution in [0.1, 0.15) is 51.2 Å². The summed E-state index contributed by atoms with van der Waals surface area (Å²) in [4.78, 5) is 15.0. The van der Waals surface area contributed by atoms with E-state index in [0.717, 1.165) is 23.0 Å². The molecule has 1 aliphatic heterocycles. The fraction of sp³-hybridized carbons (Fsp3) is 0.333. The third kappa shape index (κ3) is 4.54. The molecule has 1 heterocycles. The normalized spacial score (nSPS) is 18.0. The second-order valence-electron chi connectivity index (χ2n) is 8.11. The zero-order chi connectivity index (χ0) is 21.2. The number of benzene rings is 2. The minimum absolute atomic E-state index is 0.0870. The van der Waals surface area contributed by atoms with Crippen molar-refractivity contribution >= 4 is 39.3 Å². The number of hydrogen-bond acceptors (Lipinski definition) is 3. The van der Waals surface area contributed by atoms with E-state index >= 15 is 0 Å². The van der Waals surface area contributed by atoms with Gasteiger partial charge in [0.1, 0.15) is 11.6 Å². The fourth-order valence-corrected chi connectivity index (χ4v) is 4.51. The smallest absolute Gasteiger partial charge is 0.266 e. The second-order valence-corrected chi connectivity index (χ2v) is 9.03. The van der Waals surface area contributed by atoms with Crippen molar-refractivity contribution in [3.8, 4) is 6.07 Å². The van der Waals surface area contributed by atoms with Crippen molar-refractivity contribution in [2.75, 3.05) is 16.8 Å². The van der Waals surface area contributed by atoms with Crippen LogP contribution in [0.4, 0.5) is 11.4 Å². The molecule has 0 fully saturated rings. The highest BCUT2D eigenvalue weighted by molar-refractivity contribution is 9.10. The minimum atomic E-state index is -0.406. The molecule has 1 N–H and O–H groups in total. The molecule has 0 aromatic heterocycles. The van der Waals surface area contributed by atoms with E-state index in [1.807, 2.05) is 24.3 Å². The molecule has 2 aromatic rings. The van der Waals surface area contributed by atoms with E-state index in [2.05, 4.69) is 66.0 Å². The van der Waals surface area contributed by atoms with Gasteiger partial charge in [0.05, 0.1) is 0 Å². The Bertz CT molecular complexity index is 986. The first-order valence-corrected chi connectivity index (χ1v) is 10.6. The third-order valence-corrected chi connectivity index (χ3v) is 6.03. The Balaban J connectivity index is 1.89. The summed E-state index contributed by atoms with van der Waals surface area (Å²) in [5, 5.41) is 12.3. The lowest BCUT2D eigenvalue weighted by Gasteiger charge is -2.47. The molecule has 1 amide bonds. The highest BCUT2D eigenvalue weighted by Gasteiger charge is 2.35. The van der Waals surface area contributed by atoms with Gasteiger partial charge in [0, 0.05) is 27.9 Å². The number of hydrogen-bond donors (Lipinski definition) is 1. The van der Waals surface area contributed by atoms with E-state index in [9.17, 15) is 10.1 Å². The number of anilines is 2. The van der Waals surface area contributed by atoms with Crippen LogP contribution in [0.5, 0.6) is 0 Å². The summed E-state index contributed by atoms with van der Waals surface area (Å²) in [6.45, 7) is 9.93. The summed E-state index contributed by atoms with van der Waals surface area (Å²) >= 11 is 3.37. The predicted molar refractivity (Wildman–Crippen MR) is 123 cm³/mol. The SMILES string of the molecule is CCN1c2ccc(/C=C(\C#N)C(=O)Nc3ccc(Br)cc3)cc2C(C)CC1(C)C. The van der Waals surface area contributed by atoms with E-state index in [1.165, 1.54) is 11.3 Å². The van der Waals surface area contributed by atoms with Crippen molar-refractivity contribution in [1.29, 1.82) is 5.26 Å². The lowest BCUT2D eigenvalue weighted by molar-refractivity contribution is -0.112. The van der Waals surface area contributed by atoms with Gasteiger partial charge < -0.3 is 10.2 Å².